The van der Waals surface area contributed by atoms with Crippen LogP contribution in [-0.2, 0) is 6.54 Å². The van der Waals surface area contributed by atoms with Crippen LogP contribution in [0.2, 0.25) is 0 Å². The Balaban J connectivity index is 1.42. The molecule has 0 saturated carbocycles. The molecule has 36 heavy (non-hydrogen) atoms. The van der Waals surface area contributed by atoms with E-state index in [1.165, 1.54) is 27.2 Å². The number of nitrogens with two attached hydrogens (primary N) is 1. The molecule has 2 aliphatic heterocycles. The summed E-state index contributed by atoms with van der Waals surface area (Å²) in [6.07, 6.45) is 1.50. The van der Waals surface area contributed by atoms with Gasteiger partial charge in [-0.05, 0) is 54.8 Å². The maximum absolute atomic E-state index is 6.24. The summed E-state index contributed by atoms with van der Waals surface area (Å²) in [4.78, 5) is 16.3. The molecule has 6 rings (SSSR count). The average Bonchev–Trinajstić information content (AvgIpc) is 3.49. The highest BCUT2D eigenvalue weighted by Crippen LogP contribution is 2.43. The highest BCUT2D eigenvalue weighted by Gasteiger charge is 2.29. The van der Waals surface area contributed by atoms with Gasteiger partial charge in [-0.25, -0.2) is 14.6 Å². The summed E-state index contributed by atoms with van der Waals surface area (Å²) in [6.45, 7) is 8.13. The number of nitrogen functional groups attached to an aromatic ring is 1. The van der Waals surface area contributed by atoms with E-state index in [1.807, 2.05) is 22.1 Å². The number of piperazine rings is 1. The van der Waals surface area contributed by atoms with Crippen LogP contribution in [-0.4, -0.2) is 69.4 Å². The highest BCUT2D eigenvalue weighted by atomic mass is 127. The number of para-hydroxylation sites is 1. The first-order valence-electron chi connectivity index (χ1n) is 12.1. The van der Waals surface area contributed by atoms with Crippen molar-refractivity contribution >= 4 is 56.4 Å². The number of hydrogen-bond acceptors (Lipinski definition) is 8. The molecule has 0 spiro atoms. The predicted octanol–water partition coefficient (Wildman–Crippen LogP) is 4.28. The second-order valence-electron chi connectivity index (χ2n) is 9.40. The van der Waals surface area contributed by atoms with E-state index in [4.69, 9.17) is 15.6 Å². The molecular weight excluding hydrogens is 585 g/mol. The second kappa shape index (κ2) is 9.73. The van der Waals surface area contributed by atoms with Gasteiger partial charge in [0.05, 0.1) is 11.4 Å². The minimum Gasteiger partial charge on any atom is -0.488 e. The van der Waals surface area contributed by atoms with Crippen LogP contribution in [0.25, 0.3) is 16.6 Å². The van der Waals surface area contributed by atoms with Gasteiger partial charge in [-0.2, -0.15) is 5.10 Å². The normalized spacial score (nSPS) is 17.9. The van der Waals surface area contributed by atoms with E-state index < -0.39 is 0 Å². The number of thiophene rings is 1. The van der Waals surface area contributed by atoms with Crippen molar-refractivity contribution in [2.75, 3.05) is 45.6 Å². The smallest absolute Gasteiger partial charge is 0.165 e. The first kappa shape index (κ1) is 23.8. The third-order valence-electron chi connectivity index (χ3n) is 7.09. The number of ether oxygens (including phenoxy) is 1. The number of nitrogens with zero attached hydrogens (tertiary/aromatic N) is 6. The van der Waals surface area contributed by atoms with Crippen molar-refractivity contribution in [2.45, 2.75) is 19.5 Å². The lowest BCUT2D eigenvalue weighted by Crippen LogP contribution is -2.43. The van der Waals surface area contributed by atoms with E-state index in [2.05, 4.69) is 86.7 Å². The molecule has 8 nitrogen and oxygen atoms in total. The third kappa shape index (κ3) is 4.29. The lowest BCUT2D eigenvalue weighted by atomic mass is 9.92. The van der Waals surface area contributed by atoms with Crippen molar-refractivity contribution in [3.63, 3.8) is 0 Å². The number of likely N-dealkylation sites (N-methyl/N-ethyl adjacent to an activating group) is 1. The minimum atomic E-state index is -0.0724. The molecule has 0 amide bonds. The Bertz CT molecular complexity index is 1450. The quantitative estimate of drug-likeness (QED) is 0.337. The molecule has 5 heterocycles. The van der Waals surface area contributed by atoms with Gasteiger partial charge in [0.25, 0.3) is 0 Å². The number of hydrogen-bond donors (Lipinski definition) is 1. The highest BCUT2D eigenvalue weighted by molar-refractivity contribution is 14.1. The third-order valence-corrected chi connectivity index (χ3v) is 8.93. The van der Waals surface area contributed by atoms with Crippen LogP contribution in [0.1, 0.15) is 28.3 Å². The van der Waals surface area contributed by atoms with Crippen LogP contribution in [0.4, 0.5) is 5.82 Å². The van der Waals surface area contributed by atoms with Gasteiger partial charge in [-0.1, -0.05) is 18.2 Å². The van der Waals surface area contributed by atoms with Crippen molar-refractivity contribution in [3.8, 4) is 5.75 Å². The van der Waals surface area contributed by atoms with E-state index in [1.54, 1.807) is 0 Å². The molecule has 0 bridgehead atoms. The van der Waals surface area contributed by atoms with E-state index in [-0.39, 0.29) is 6.04 Å². The predicted molar refractivity (Wildman–Crippen MR) is 152 cm³/mol. The van der Waals surface area contributed by atoms with E-state index in [0.29, 0.717) is 12.4 Å². The topological polar surface area (TPSA) is 85.3 Å². The monoisotopic (exact) mass is 613 g/mol. The molecule has 3 aromatic heterocycles. The van der Waals surface area contributed by atoms with Gasteiger partial charge in [-0.15, -0.1) is 11.3 Å². The molecular formula is C26H28IN7OS. The molecule has 186 valence electrons. The summed E-state index contributed by atoms with van der Waals surface area (Å²) < 4.78 is 9.01. The summed E-state index contributed by atoms with van der Waals surface area (Å²) in [6, 6.07) is 12.8. The molecule has 0 aliphatic carbocycles. The van der Waals surface area contributed by atoms with Crippen molar-refractivity contribution in [1.29, 1.82) is 0 Å². The van der Waals surface area contributed by atoms with Crippen LogP contribution < -0.4 is 10.5 Å². The first-order chi connectivity index (χ1) is 17.5. The molecule has 2 aliphatic rings. The van der Waals surface area contributed by atoms with Crippen LogP contribution in [0.3, 0.4) is 0 Å². The Morgan fingerprint density at radius 1 is 1.11 bits per heavy atom. The zero-order valence-electron chi connectivity index (χ0n) is 20.3. The largest absolute Gasteiger partial charge is 0.488 e. The van der Waals surface area contributed by atoms with E-state index in [9.17, 15) is 0 Å². The zero-order chi connectivity index (χ0) is 24.8. The van der Waals surface area contributed by atoms with Gasteiger partial charge in [0.1, 0.15) is 28.2 Å². The molecule has 10 heteroatoms. The fourth-order valence-corrected chi connectivity index (χ4v) is 6.91. The van der Waals surface area contributed by atoms with Crippen molar-refractivity contribution in [2.24, 2.45) is 0 Å². The summed E-state index contributed by atoms with van der Waals surface area (Å²) in [5, 5.41) is 5.62. The molecule has 1 fully saturated rings. The number of aromatic nitrogens is 4. The fourth-order valence-electron chi connectivity index (χ4n) is 5.01. The number of anilines is 1. The van der Waals surface area contributed by atoms with Crippen LogP contribution in [0.5, 0.6) is 5.75 Å². The lowest BCUT2D eigenvalue weighted by molar-refractivity contribution is 0.149. The van der Waals surface area contributed by atoms with E-state index >= 15 is 0 Å². The standard InChI is InChI=1S/C26H28IN7OS/c1-16(34-26-23(24(27)31-34)25(28)29-15-30-26)19-14-35-20-6-4-3-5-18(20)22(19)21-8-7-17(36-21)13-33-11-9-32(2)10-12-33/h3-8,15-16H,9-14H2,1-2H3,(H2,28,29,30). The van der Waals surface area contributed by atoms with Crippen LogP contribution in [0.15, 0.2) is 48.3 Å². The number of halogens is 1. The van der Waals surface area contributed by atoms with Gasteiger partial charge in [-0.3, -0.25) is 4.90 Å². The Kier molecular flexibility index (Phi) is 6.44. The van der Waals surface area contributed by atoms with Crippen molar-refractivity contribution in [3.05, 3.63) is 67.3 Å². The Morgan fingerprint density at radius 2 is 1.92 bits per heavy atom. The first-order valence-corrected chi connectivity index (χ1v) is 14.0. The summed E-state index contributed by atoms with van der Waals surface area (Å²) in [5.74, 6) is 1.37. The number of benzene rings is 1. The van der Waals surface area contributed by atoms with Crippen LogP contribution >= 0.6 is 33.9 Å². The summed E-state index contributed by atoms with van der Waals surface area (Å²) >= 11 is 4.09. The Hall–Kier alpha value is -2.54. The van der Waals surface area contributed by atoms with Crippen LogP contribution in [0, 0.1) is 3.70 Å². The van der Waals surface area contributed by atoms with Crippen molar-refractivity contribution < 1.29 is 4.74 Å². The zero-order valence-corrected chi connectivity index (χ0v) is 23.3. The van der Waals surface area contributed by atoms with Gasteiger partial charge in [0.15, 0.2) is 5.65 Å². The number of rotatable bonds is 5. The number of fused-ring (bicyclic) bond motifs is 2. The molecule has 1 saturated heterocycles. The Morgan fingerprint density at radius 3 is 2.75 bits per heavy atom. The maximum Gasteiger partial charge on any atom is 0.165 e. The molecule has 0 radical (unpaired) electrons. The maximum atomic E-state index is 6.24. The van der Waals surface area contributed by atoms with Gasteiger partial charge in [0.2, 0.25) is 0 Å². The van der Waals surface area contributed by atoms with Gasteiger partial charge >= 0.3 is 0 Å². The van der Waals surface area contributed by atoms with Gasteiger partial charge < -0.3 is 15.4 Å². The SMILES string of the molecule is CC(C1=C(c2ccc(CN3CCN(C)CC3)s2)c2ccccc2OC1)n1nc(I)c2c(N)ncnc21. The average molecular weight is 614 g/mol. The van der Waals surface area contributed by atoms with Crippen molar-refractivity contribution in [1.82, 2.24) is 29.5 Å². The summed E-state index contributed by atoms with van der Waals surface area (Å²) in [5.41, 5.74) is 10.4. The summed E-state index contributed by atoms with van der Waals surface area (Å²) in [7, 11) is 2.20. The second-order valence-corrected chi connectivity index (χ2v) is 11.6. The molecule has 2 N–H and O–H groups in total. The molecule has 1 unspecified atom stereocenters. The van der Waals surface area contributed by atoms with Gasteiger partial charge in [0, 0.05) is 59.2 Å². The molecule has 1 aromatic carbocycles. The molecule has 1 atom stereocenters. The molecule has 4 aromatic rings. The lowest BCUT2D eigenvalue weighted by Gasteiger charge is -2.32. The minimum absolute atomic E-state index is 0.0724. The fraction of sp³-hybridized carbons (Fsp3) is 0.346. The Labute approximate surface area is 227 Å². The van der Waals surface area contributed by atoms with E-state index in [0.717, 1.165) is 58.8 Å².